The number of benzene rings is 1. The number of ether oxygens (including phenoxy) is 1. The van der Waals surface area contributed by atoms with Crippen LogP contribution in [0.2, 0.25) is 0 Å². The van der Waals surface area contributed by atoms with Crippen molar-refractivity contribution in [2.45, 2.75) is 32.9 Å². The molecule has 0 saturated carbocycles. The van der Waals surface area contributed by atoms with Gasteiger partial charge in [0.1, 0.15) is 0 Å². The van der Waals surface area contributed by atoms with Crippen molar-refractivity contribution < 1.29 is 13.2 Å². The second-order valence-electron chi connectivity index (χ2n) is 5.94. The lowest BCUT2D eigenvalue weighted by Gasteiger charge is -2.16. The van der Waals surface area contributed by atoms with E-state index >= 15 is 0 Å². The number of aromatic nitrogens is 1. The molecule has 0 bridgehead atoms. The Morgan fingerprint density at radius 2 is 1.79 bits per heavy atom. The van der Waals surface area contributed by atoms with Crippen LogP contribution in [0.3, 0.4) is 0 Å². The summed E-state index contributed by atoms with van der Waals surface area (Å²) in [4.78, 5) is 4.10. The smallest absolute Gasteiger partial charge is 0.214 e. The van der Waals surface area contributed by atoms with Crippen molar-refractivity contribution in [3.63, 3.8) is 0 Å². The van der Waals surface area contributed by atoms with Gasteiger partial charge in [0, 0.05) is 18.4 Å². The maximum absolute atomic E-state index is 12.1. The molecule has 6 heteroatoms. The van der Waals surface area contributed by atoms with E-state index < -0.39 is 10.0 Å². The first kappa shape index (κ1) is 18.6. The normalized spacial score (nSPS) is 13.2. The summed E-state index contributed by atoms with van der Waals surface area (Å²) < 4.78 is 32.2. The van der Waals surface area contributed by atoms with Gasteiger partial charge in [0.15, 0.2) is 0 Å². The van der Waals surface area contributed by atoms with E-state index in [2.05, 4.69) is 9.71 Å². The topological polar surface area (TPSA) is 68.3 Å². The predicted octanol–water partition coefficient (Wildman–Crippen LogP) is 3.15. The van der Waals surface area contributed by atoms with E-state index in [0.717, 1.165) is 16.7 Å². The summed E-state index contributed by atoms with van der Waals surface area (Å²) in [7, 11) is -3.37. The molecule has 0 aliphatic carbocycles. The third kappa shape index (κ3) is 5.70. The molecule has 2 aromatic rings. The van der Waals surface area contributed by atoms with Gasteiger partial charge in [0.25, 0.3) is 0 Å². The molecule has 0 spiro atoms. The summed E-state index contributed by atoms with van der Waals surface area (Å²) in [6.45, 7) is 5.79. The molecule has 0 amide bonds. The summed E-state index contributed by atoms with van der Waals surface area (Å²) in [5.41, 5.74) is 2.99. The van der Waals surface area contributed by atoms with Crippen LogP contribution in [0.5, 0.6) is 0 Å². The fraction of sp³-hybridized carbons (Fsp3) is 0.389. The predicted molar refractivity (Wildman–Crippen MR) is 96.1 cm³/mol. The molecule has 130 valence electrons. The van der Waals surface area contributed by atoms with Crippen molar-refractivity contribution in [2.24, 2.45) is 0 Å². The van der Waals surface area contributed by atoms with Gasteiger partial charge >= 0.3 is 0 Å². The van der Waals surface area contributed by atoms with Gasteiger partial charge in [-0.3, -0.25) is 4.98 Å². The summed E-state index contributed by atoms with van der Waals surface area (Å²) >= 11 is 0. The standard InChI is InChI=1S/C18H24N2O3S/c1-14(2)23-11-12-24(21,22)20-15(3)16-6-8-17(9-7-16)18-5-4-10-19-13-18/h4-10,13-15,20H,11-12H2,1-3H3. The number of nitrogens with one attached hydrogen (secondary N) is 1. The first-order chi connectivity index (χ1) is 11.4. The van der Waals surface area contributed by atoms with E-state index in [4.69, 9.17) is 4.74 Å². The Bertz CT molecular complexity index is 729. The molecule has 0 saturated heterocycles. The molecule has 0 aliphatic rings. The van der Waals surface area contributed by atoms with Crippen molar-refractivity contribution in [3.8, 4) is 11.1 Å². The molecule has 0 radical (unpaired) electrons. The van der Waals surface area contributed by atoms with Crippen molar-refractivity contribution in [2.75, 3.05) is 12.4 Å². The second kappa shape index (κ2) is 8.37. The third-order valence-corrected chi connectivity index (χ3v) is 4.98. The average Bonchev–Trinajstić information content (AvgIpc) is 2.55. The minimum absolute atomic E-state index is 0.0256. The van der Waals surface area contributed by atoms with Gasteiger partial charge in [-0.25, -0.2) is 13.1 Å². The third-order valence-electron chi connectivity index (χ3n) is 3.57. The van der Waals surface area contributed by atoms with Gasteiger partial charge in [-0.2, -0.15) is 0 Å². The van der Waals surface area contributed by atoms with E-state index in [0.29, 0.717) is 0 Å². The Hall–Kier alpha value is -1.76. The number of pyridine rings is 1. The van der Waals surface area contributed by atoms with Gasteiger partial charge in [0.2, 0.25) is 10.0 Å². The fourth-order valence-electron chi connectivity index (χ4n) is 2.29. The van der Waals surface area contributed by atoms with Crippen LogP contribution in [0, 0.1) is 0 Å². The Kier molecular flexibility index (Phi) is 6.48. The Balaban J connectivity index is 1.98. The van der Waals surface area contributed by atoms with Crippen LogP contribution in [-0.2, 0) is 14.8 Å². The highest BCUT2D eigenvalue weighted by atomic mass is 32.2. The zero-order valence-electron chi connectivity index (χ0n) is 14.3. The summed E-state index contributed by atoms with van der Waals surface area (Å²) in [6, 6.07) is 11.4. The molecule has 1 aromatic heterocycles. The monoisotopic (exact) mass is 348 g/mol. The number of sulfonamides is 1. The number of rotatable bonds is 8. The largest absolute Gasteiger partial charge is 0.378 e. The second-order valence-corrected chi connectivity index (χ2v) is 7.82. The van der Waals surface area contributed by atoms with Crippen LogP contribution in [0.4, 0.5) is 0 Å². The molecule has 0 aliphatic heterocycles. The van der Waals surface area contributed by atoms with Gasteiger partial charge in [-0.1, -0.05) is 30.3 Å². The Labute approximate surface area is 144 Å². The van der Waals surface area contributed by atoms with Crippen LogP contribution >= 0.6 is 0 Å². The van der Waals surface area contributed by atoms with E-state index in [-0.39, 0.29) is 24.5 Å². The van der Waals surface area contributed by atoms with Crippen LogP contribution in [0.15, 0.2) is 48.8 Å². The lowest BCUT2D eigenvalue weighted by atomic mass is 10.0. The van der Waals surface area contributed by atoms with Crippen LogP contribution < -0.4 is 4.72 Å². The molecule has 1 heterocycles. The van der Waals surface area contributed by atoms with Gasteiger partial charge in [-0.05, 0) is 43.5 Å². The van der Waals surface area contributed by atoms with E-state index in [1.165, 1.54) is 0 Å². The quantitative estimate of drug-likeness (QED) is 0.796. The van der Waals surface area contributed by atoms with Crippen molar-refractivity contribution in [1.82, 2.24) is 9.71 Å². The summed E-state index contributed by atoms with van der Waals surface area (Å²) in [5.74, 6) is -0.0384. The number of hydrogen-bond donors (Lipinski definition) is 1. The lowest BCUT2D eigenvalue weighted by molar-refractivity contribution is 0.0911. The SMILES string of the molecule is CC(C)OCCS(=O)(=O)NC(C)c1ccc(-c2cccnc2)cc1. The maximum Gasteiger partial charge on any atom is 0.214 e. The lowest BCUT2D eigenvalue weighted by Crippen LogP contribution is -2.31. The van der Waals surface area contributed by atoms with E-state index in [1.54, 1.807) is 12.4 Å². The highest BCUT2D eigenvalue weighted by Crippen LogP contribution is 2.21. The number of nitrogens with zero attached hydrogens (tertiary/aromatic N) is 1. The maximum atomic E-state index is 12.1. The van der Waals surface area contributed by atoms with Crippen LogP contribution in [0.25, 0.3) is 11.1 Å². The molecule has 5 nitrogen and oxygen atoms in total. The van der Waals surface area contributed by atoms with Crippen LogP contribution in [0.1, 0.15) is 32.4 Å². The molecular formula is C18H24N2O3S. The Morgan fingerprint density at radius 1 is 1.08 bits per heavy atom. The molecule has 1 N–H and O–H groups in total. The first-order valence-electron chi connectivity index (χ1n) is 7.99. The van der Waals surface area contributed by atoms with Crippen molar-refractivity contribution >= 4 is 10.0 Å². The molecule has 1 unspecified atom stereocenters. The van der Waals surface area contributed by atoms with E-state index in [9.17, 15) is 8.42 Å². The van der Waals surface area contributed by atoms with Crippen molar-refractivity contribution in [1.29, 1.82) is 0 Å². The molecule has 24 heavy (non-hydrogen) atoms. The summed E-state index contributed by atoms with van der Waals surface area (Å²) in [5, 5.41) is 0. The molecule has 0 fully saturated rings. The first-order valence-corrected chi connectivity index (χ1v) is 9.64. The van der Waals surface area contributed by atoms with Gasteiger partial charge < -0.3 is 4.74 Å². The fourth-order valence-corrected chi connectivity index (χ4v) is 3.40. The highest BCUT2D eigenvalue weighted by molar-refractivity contribution is 7.89. The van der Waals surface area contributed by atoms with E-state index in [1.807, 2.05) is 57.2 Å². The minimum atomic E-state index is -3.37. The molecule has 1 atom stereocenters. The number of hydrogen-bond acceptors (Lipinski definition) is 4. The Morgan fingerprint density at radius 3 is 2.38 bits per heavy atom. The minimum Gasteiger partial charge on any atom is -0.378 e. The van der Waals surface area contributed by atoms with Gasteiger partial charge in [0.05, 0.1) is 18.5 Å². The summed E-state index contributed by atoms with van der Waals surface area (Å²) in [6.07, 6.45) is 3.56. The highest BCUT2D eigenvalue weighted by Gasteiger charge is 2.16. The zero-order chi connectivity index (χ0) is 17.6. The van der Waals surface area contributed by atoms with Gasteiger partial charge in [-0.15, -0.1) is 0 Å². The molecular weight excluding hydrogens is 324 g/mol. The zero-order valence-corrected chi connectivity index (χ0v) is 15.1. The molecule has 1 aromatic carbocycles. The average molecular weight is 348 g/mol. The van der Waals surface area contributed by atoms with Crippen molar-refractivity contribution in [3.05, 3.63) is 54.4 Å². The molecule has 2 rings (SSSR count). The van der Waals surface area contributed by atoms with Crippen LogP contribution in [-0.4, -0.2) is 31.9 Å².